The Morgan fingerprint density at radius 3 is 2.13 bits per heavy atom. The highest BCUT2D eigenvalue weighted by Gasteiger charge is 2.40. The smallest absolute Gasteiger partial charge is 0.152 e. The van der Waals surface area contributed by atoms with Crippen LogP contribution in [0, 0.1) is 0 Å². The Hall–Kier alpha value is -0.130. The summed E-state index contributed by atoms with van der Waals surface area (Å²) in [5.74, 6) is 0.628. The van der Waals surface area contributed by atoms with Gasteiger partial charge >= 0.3 is 0 Å². The molecule has 2 N–H and O–H groups in total. The zero-order valence-corrected chi connectivity index (χ0v) is 9.93. The van der Waals surface area contributed by atoms with Gasteiger partial charge in [-0.2, -0.15) is 0 Å². The summed E-state index contributed by atoms with van der Waals surface area (Å²) in [6.45, 7) is 2.03. The van der Waals surface area contributed by atoms with Gasteiger partial charge in [0.05, 0.1) is 11.5 Å². The summed E-state index contributed by atoms with van der Waals surface area (Å²) < 4.78 is 22.7. The third-order valence-corrected chi connectivity index (χ3v) is 5.54. The molecule has 0 unspecified atom stereocenters. The van der Waals surface area contributed by atoms with E-state index >= 15 is 0 Å². The maximum atomic E-state index is 11.3. The van der Waals surface area contributed by atoms with Crippen LogP contribution in [0.1, 0.15) is 25.7 Å². The van der Waals surface area contributed by atoms with Gasteiger partial charge in [-0.3, -0.25) is 4.90 Å². The first-order chi connectivity index (χ1) is 7.08. The summed E-state index contributed by atoms with van der Waals surface area (Å²) in [7, 11) is -2.76. The highest BCUT2D eigenvalue weighted by molar-refractivity contribution is 7.91. The third kappa shape index (κ3) is 2.19. The molecule has 0 atom stereocenters. The lowest BCUT2D eigenvalue weighted by Gasteiger charge is -2.42. The fraction of sp³-hybridized carbons (Fsp3) is 1.00. The molecule has 2 fully saturated rings. The van der Waals surface area contributed by atoms with Gasteiger partial charge in [-0.05, 0) is 12.8 Å². The molecule has 4 nitrogen and oxygen atoms in total. The summed E-state index contributed by atoms with van der Waals surface area (Å²) >= 11 is 0. The standard InChI is InChI=1S/C10H20N2O2S/c11-9-10(3-1-2-4-10)12-5-7-15(13,14)8-6-12/h1-9,11H2. The number of hydrogen-bond acceptors (Lipinski definition) is 4. The van der Waals surface area contributed by atoms with Crippen LogP contribution in [0.15, 0.2) is 0 Å². The van der Waals surface area contributed by atoms with E-state index in [4.69, 9.17) is 5.73 Å². The SMILES string of the molecule is NCC1(N2CCS(=O)(=O)CC2)CCCC1. The minimum Gasteiger partial charge on any atom is -0.329 e. The molecule has 2 rings (SSSR count). The Kier molecular flexibility index (Phi) is 3.05. The highest BCUT2D eigenvalue weighted by atomic mass is 32.2. The molecule has 0 aromatic heterocycles. The van der Waals surface area contributed by atoms with E-state index in [9.17, 15) is 8.42 Å². The van der Waals surface area contributed by atoms with Crippen molar-refractivity contribution in [3.05, 3.63) is 0 Å². The molecule has 1 aliphatic heterocycles. The molecule has 5 heteroatoms. The van der Waals surface area contributed by atoms with E-state index in [1.807, 2.05) is 0 Å². The van der Waals surface area contributed by atoms with E-state index in [-0.39, 0.29) is 5.54 Å². The van der Waals surface area contributed by atoms with Crippen LogP contribution in [0.4, 0.5) is 0 Å². The van der Waals surface area contributed by atoms with E-state index in [1.54, 1.807) is 0 Å². The van der Waals surface area contributed by atoms with Gasteiger partial charge in [0.1, 0.15) is 0 Å². The molecule has 1 saturated heterocycles. The Labute approximate surface area is 91.7 Å². The van der Waals surface area contributed by atoms with Crippen LogP contribution in [-0.4, -0.2) is 50.0 Å². The van der Waals surface area contributed by atoms with Crippen molar-refractivity contribution in [1.29, 1.82) is 0 Å². The molecule has 0 bridgehead atoms. The summed E-state index contributed by atoms with van der Waals surface area (Å²) in [6, 6.07) is 0. The van der Waals surface area contributed by atoms with Gasteiger partial charge in [-0.15, -0.1) is 0 Å². The van der Waals surface area contributed by atoms with Crippen molar-refractivity contribution in [1.82, 2.24) is 4.90 Å². The summed E-state index contributed by atoms with van der Waals surface area (Å²) in [5, 5.41) is 0. The molecule has 15 heavy (non-hydrogen) atoms. The van der Waals surface area contributed by atoms with Gasteiger partial charge in [0.15, 0.2) is 9.84 Å². The number of rotatable bonds is 2. The molecule has 2 aliphatic rings. The molecule has 1 saturated carbocycles. The number of nitrogens with two attached hydrogens (primary N) is 1. The third-order valence-electron chi connectivity index (χ3n) is 3.93. The Morgan fingerprint density at radius 1 is 1.13 bits per heavy atom. The number of hydrogen-bond donors (Lipinski definition) is 1. The van der Waals surface area contributed by atoms with Gasteiger partial charge in [-0.25, -0.2) is 8.42 Å². The molecule has 0 aromatic carbocycles. The van der Waals surface area contributed by atoms with Crippen molar-refractivity contribution < 1.29 is 8.42 Å². The quantitative estimate of drug-likeness (QED) is 0.727. The Morgan fingerprint density at radius 2 is 1.67 bits per heavy atom. The first kappa shape index (κ1) is 11.4. The average molecular weight is 232 g/mol. The lowest BCUT2D eigenvalue weighted by molar-refractivity contribution is 0.110. The van der Waals surface area contributed by atoms with Crippen LogP contribution < -0.4 is 5.73 Å². The van der Waals surface area contributed by atoms with Gasteiger partial charge in [0.2, 0.25) is 0 Å². The fourth-order valence-electron chi connectivity index (χ4n) is 2.87. The summed E-state index contributed by atoms with van der Waals surface area (Å²) in [4.78, 5) is 2.32. The molecule has 0 aromatic rings. The van der Waals surface area contributed by atoms with Gasteiger partial charge in [0.25, 0.3) is 0 Å². The minimum atomic E-state index is -2.76. The second-order valence-corrected chi connectivity index (χ2v) is 7.08. The molecule has 0 amide bonds. The number of sulfone groups is 1. The largest absolute Gasteiger partial charge is 0.329 e. The van der Waals surface area contributed by atoms with E-state index in [1.165, 1.54) is 12.8 Å². The van der Waals surface area contributed by atoms with Crippen LogP contribution in [-0.2, 0) is 9.84 Å². The summed E-state index contributed by atoms with van der Waals surface area (Å²) in [5.41, 5.74) is 6.00. The summed E-state index contributed by atoms with van der Waals surface area (Å²) in [6.07, 6.45) is 4.76. The van der Waals surface area contributed by atoms with Crippen molar-refractivity contribution in [2.45, 2.75) is 31.2 Å². The van der Waals surface area contributed by atoms with Crippen LogP contribution in [0.5, 0.6) is 0 Å². The molecule has 88 valence electrons. The van der Waals surface area contributed by atoms with Crippen LogP contribution in [0.2, 0.25) is 0 Å². The minimum absolute atomic E-state index is 0.121. The maximum Gasteiger partial charge on any atom is 0.152 e. The second kappa shape index (κ2) is 4.03. The van der Waals surface area contributed by atoms with Crippen LogP contribution >= 0.6 is 0 Å². The predicted molar refractivity (Wildman–Crippen MR) is 60.5 cm³/mol. The highest BCUT2D eigenvalue weighted by Crippen LogP contribution is 2.35. The molecule has 0 spiro atoms. The first-order valence-corrected chi connectivity index (χ1v) is 7.56. The second-order valence-electron chi connectivity index (χ2n) is 4.77. The van der Waals surface area contributed by atoms with Gasteiger partial charge in [-0.1, -0.05) is 12.8 Å². The topological polar surface area (TPSA) is 63.4 Å². The zero-order valence-electron chi connectivity index (χ0n) is 9.11. The Bertz CT molecular complexity index is 306. The normalized spacial score (nSPS) is 30.5. The van der Waals surface area contributed by atoms with Gasteiger partial charge < -0.3 is 5.73 Å². The predicted octanol–water partition coefficient (Wildman–Crippen LogP) is -0.0117. The van der Waals surface area contributed by atoms with E-state index in [2.05, 4.69) is 4.90 Å². The molecule has 1 heterocycles. The lowest BCUT2D eigenvalue weighted by atomic mass is 9.95. The molecular weight excluding hydrogens is 212 g/mol. The van der Waals surface area contributed by atoms with Crippen molar-refractivity contribution in [3.63, 3.8) is 0 Å². The fourth-order valence-corrected chi connectivity index (χ4v) is 4.07. The molecule has 0 radical (unpaired) electrons. The first-order valence-electron chi connectivity index (χ1n) is 5.74. The van der Waals surface area contributed by atoms with Crippen molar-refractivity contribution in [3.8, 4) is 0 Å². The maximum absolute atomic E-state index is 11.3. The van der Waals surface area contributed by atoms with E-state index in [0.29, 0.717) is 31.1 Å². The molecular formula is C10H20N2O2S. The average Bonchev–Trinajstić information content (AvgIpc) is 2.67. The van der Waals surface area contributed by atoms with Crippen LogP contribution in [0.3, 0.4) is 0 Å². The monoisotopic (exact) mass is 232 g/mol. The van der Waals surface area contributed by atoms with E-state index < -0.39 is 9.84 Å². The van der Waals surface area contributed by atoms with E-state index in [0.717, 1.165) is 12.8 Å². The van der Waals surface area contributed by atoms with Crippen LogP contribution in [0.25, 0.3) is 0 Å². The Balaban J connectivity index is 2.05. The van der Waals surface area contributed by atoms with Crippen molar-refractivity contribution in [2.75, 3.05) is 31.1 Å². The number of nitrogens with zero attached hydrogens (tertiary/aromatic N) is 1. The molecule has 1 aliphatic carbocycles. The lowest BCUT2D eigenvalue weighted by Crippen LogP contribution is -2.57. The van der Waals surface area contributed by atoms with Crippen molar-refractivity contribution in [2.24, 2.45) is 5.73 Å². The van der Waals surface area contributed by atoms with Crippen molar-refractivity contribution >= 4 is 9.84 Å². The zero-order chi connectivity index (χ0) is 10.9. The van der Waals surface area contributed by atoms with Gasteiger partial charge in [0, 0.05) is 25.2 Å².